The molecule has 0 spiro atoms. The number of anilines is 1. The van der Waals surface area contributed by atoms with Crippen LogP contribution >= 0.6 is 11.8 Å². The minimum absolute atomic E-state index is 0.303. The summed E-state index contributed by atoms with van der Waals surface area (Å²) in [6.07, 6.45) is 2.54. The first-order valence-corrected chi connectivity index (χ1v) is 7.29. The summed E-state index contributed by atoms with van der Waals surface area (Å²) in [6, 6.07) is 4.21. The Morgan fingerprint density at radius 1 is 1.56 bits per heavy atom. The van der Waals surface area contributed by atoms with E-state index in [1.54, 1.807) is 0 Å². The molecule has 0 aromatic carbocycles. The maximum atomic E-state index is 9.21. The van der Waals surface area contributed by atoms with Crippen molar-refractivity contribution in [1.82, 2.24) is 4.98 Å². The summed E-state index contributed by atoms with van der Waals surface area (Å²) in [4.78, 5) is 4.33. The molecule has 1 N–H and O–H groups in total. The highest BCUT2D eigenvalue weighted by Gasteiger charge is 2.29. The predicted molar refractivity (Wildman–Crippen MR) is 77.0 cm³/mol. The molecule has 3 nitrogen and oxygen atoms in total. The minimum Gasteiger partial charge on any atom is -0.382 e. The van der Waals surface area contributed by atoms with Crippen LogP contribution in [0.5, 0.6) is 0 Å². The van der Waals surface area contributed by atoms with Crippen molar-refractivity contribution in [3.8, 4) is 6.07 Å². The highest BCUT2D eigenvalue weighted by atomic mass is 32.2. The van der Waals surface area contributed by atoms with Gasteiger partial charge in [0.25, 0.3) is 0 Å². The summed E-state index contributed by atoms with van der Waals surface area (Å²) in [5.41, 5.74) is 3.37. The first-order valence-electron chi connectivity index (χ1n) is 6.30. The lowest BCUT2D eigenvalue weighted by Crippen LogP contribution is -2.27. The smallest absolute Gasteiger partial charge is 0.103 e. The molecule has 1 unspecified atom stereocenters. The zero-order valence-electron chi connectivity index (χ0n) is 11.2. The average molecular weight is 261 g/mol. The zero-order valence-corrected chi connectivity index (χ0v) is 12.0. The Hall–Kier alpha value is -1.21. The van der Waals surface area contributed by atoms with Gasteiger partial charge in [0.1, 0.15) is 6.07 Å². The van der Waals surface area contributed by atoms with E-state index in [2.05, 4.69) is 23.3 Å². The molecule has 4 heteroatoms. The van der Waals surface area contributed by atoms with E-state index >= 15 is 0 Å². The summed E-state index contributed by atoms with van der Waals surface area (Å²) in [6.45, 7) is 7.06. The normalized spacial score (nSPS) is 22.8. The van der Waals surface area contributed by atoms with E-state index in [4.69, 9.17) is 0 Å². The summed E-state index contributed by atoms with van der Waals surface area (Å²) in [7, 11) is 0. The lowest BCUT2D eigenvalue weighted by molar-refractivity contribution is 0.634. The molecule has 1 aliphatic rings. The molecule has 0 saturated carbocycles. The van der Waals surface area contributed by atoms with Crippen LogP contribution in [0.2, 0.25) is 0 Å². The summed E-state index contributed by atoms with van der Waals surface area (Å²) in [5, 5.41) is 12.7. The molecule has 1 saturated heterocycles. The number of aromatic nitrogens is 1. The molecular weight excluding hydrogens is 242 g/mol. The average Bonchev–Trinajstić information content (AvgIpc) is 2.73. The molecule has 2 rings (SSSR count). The molecule has 1 atom stereocenters. The molecule has 1 aromatic rings. The van der Waals surface area contributed by atoms with Crippen molar-refractivity contribution in [3.05, 3.63) is 23.0 Å². The van der Waals surface area contributed by atoms with E-state index < -0.39 is 0 Å². The fraction of sp³-hybridized carbons (Fsp3) is 0.571. The standard InChI is InChI=1S/C14H19N3S/c1-10-7-13(12(8-15)11(2)17-10)16-9-14(3)5-4-6-18-14/h7H,4-6,9H2,1-3H3,(H,16,17). The lowest BCUT2D eigenvalue weighted by Gasteiger charge is -2.24. The lowest BCUT2D eigenvalue weighted by atomic mass is 10.1. The summed E-state index contributed by atoms with van der Waals surface area (Å²) < 4.78 is 0.303. The van der Waals surface area contributed by atoms with E-state index in [0.29, 0.717) is 10.3 Å². The molecule has 1 aliphatic heterocycles. The first kappa shape index (κ1) is 13.2. The van der Waals surface area contributed by atoms with Gasteiger partial charge in [0.15, 0.2) is 0 Å². The van der Waals surface area contributed by atoms with Crippen LogP contribution in [-0.2, 0) is 0 Å². The van der Waals surface area contributed by atoms with Gasteiger partial charge < -0.3 is 5.32 Å². The van der Waals surface area contributed by atoms with E-state index in [1.165, 1.54) is 18.6 Å². The third-order valence-electron chi connectivity index (χ3n) is 3.39. The van der Waals surface area contributed by atoms with Crippen LogP contribution in [-0.4, -0.2) is 22.0 Å². The van der Waals surface area contributed by atoms with Gasteiger partial charge in [0, 0.05) is 17.0 Å². The van der Waals surface area contributed by atoms with E-state index in [1.807, 2.05) is 31.7 Å². The van der Waals surface area contributed by atoms with Crippen molar-refractivity contribution in [1.29, 1.82) is 5.26 Å². The number of aryl methyl sites for hydroxylation is 2. The first-order chi connectivity index (χ1) is 8.54. The number of hydrogen-bond acceptors (Lipinski definition) is 4. The van der Waals surface area contributed by atoms with Gasteiger partial charge in [0.05, 0.1) is 16.9 Å². The van der Waals surface area contributed by atoms with Crippen molar-refractivity contribution in [3.63, 3.8) is 0 Å². The van der Waals surface area contributed by atoms with Crippen LogP contribution < -0.4 is 5.32 Å². The van der Waals surface area contributed by atoms with Crippen LogP contribution in [0.15, 0.2) is 6.07 Å². The number of nitriles is 1. The van der Waals surface area contributed by atoms with Crippen molar-refractivity contribution >= 4 is 17.4 Å². The van der Waals surface area contributed by atoms with Crippen LogP contribution in [0.25, 0.3) is 0 Å². The molecule has 2 heterocycles. The Labute approximate surface area is 113 Å². The van der Waals surface area contributed by atoms with E-state index in [-0.39, 0.29) is 0 Å². The number of nitrogens with one attached hydrogen (secondary N) is 1. The van der Waals surface area contributed by atoms with Crippen molar-refractivity contribution < 1.29 is 0 Å². The maximum absolute atomic E-state index is 9.21. The van der Waals surface area contributed by atoms with Crippen molar-refractivity contribution in [2.24, 2.45) is 0 Å². The monoisotopic (exact) mass is 261 g/mol. The molecule has 1 fully saturated rings. The van der Waals surface area contributed by atoms with E-state index in [0.717, 1.165) is 23.6 Å². The Morgan fingerprint density at radius 2 is 2.33 bits per heavy atom. The van der Waals surface area contributed by atoms with Gasteiger partial charge in [0.2, 0.25) is 0 Å². The van der Waals surface area contributed by atoms with Gasteiger partial charge in [-0.1, -0.05) is 0 Å². The van der Waals surface area contributed by atoms with Crippen molar-refractivity contribution in [2.45, 2.75) is 38.4 Å². The van der Waals surface area contributed by atoms with Gasteiger partial charge >= 0.3 is 0 Å². The molecule has 1 aromatic heterocycles. The highest BCUT2D eigenvalue weighted by Crippen LogP contribution is 2.37. The summed E-state index contributed by atoms with van der Waals surface area (Å²) >= 11 is 2.02. The van der Waals surface area contributed by atoms with Crippen LogP contribution in [0.1, 0.15) is 36.7 Å². The molecule has 96 valence electrons. The molecule has 18 heavy (non-hydrogen) atoms. The second-order valence-corrected chi connectivity index (χ2v) is 6.82. The Morgan fingerprint density at radius 3 is 2.94 bits per heavy atom. The number of nitrogens with zero attached hydrogens (tertiary/aromatic N) is 2. The topological polar surface area (TPSA) is 48.7 Å². The van der Waals surface area contributed by atoms with E-state index in [9.17, 15) is 5.26 Å². The Bertz CT molecular complexity index is 485. The molecule has 0 aliphatic carbocycles. The number of thioether (sulfide) groups is 1. The van der Waals surface area contributed by atoms with Crippen LogP contribution in [0.4, 0.5) is 5.69 Å². The van der Waals surface area contributed by atoms with Crippen LogP contribution in [0.3, 0.4) is 0 Å². The third-order valence-corrected chi connectivity index (χ3v) is 4.93. The molecular formula is C14H19N3S. The SMILES string of the molecule is Cc1cc(NCC2(C)CCCS2)c(C#N)c(C)n1. The minimum atomic E-state index is 0.303. The van der Waals surface area contributed by atoms with Crippen LogP contribution in [0, 0.1) is 25.2 Å². The Kier molecular flexibility index (Phi) is 3.82. The molecule has 0 amide bonds. The van der Waals surface area contributed by atoms with Gasteiger partial charge in [-0.15, -0.1) is 0 Å². The zero-order chi connectivity index (χ0) is 13.2. The van der Waals surface area contributed by atoms with Gasteiger partial charge in [-0.3, -0.25) is 4.98 Å². The second-order valence-electron chi connectivity index (χ2n) is 5.14. The second kappa shape index (κ2) is 5.19. The fourth-order valence-corrected chi connectivity index (χ4v) is 3.61. The third kappa shape index (κ3) is 2.78. The fourth-order valence-electron chi connectivity index (χ4n) is 2.37. The quantitative estimate of drug-likeness (QED) is 0.907. The van der Waals surface area contributed by atoms with Gasteiger partial charge in [-0.05, 0) is 45.4 Å². The molecule has 0 bridgehead atoms. The number of pyridine rings is 1. The van der Waals surface area contributed by atoms with Gasteiger partial charge in [-0.2, -0.15) is 17.0 Å². The summed E-state index contributed by atoms with van der Waals surface area (Å²) in [5.74, 6) is 1.25. The largest absolute Gasteiger partial charge is 0.382 e. The predicted octanol–water partition coefficient (Wildman–Crippen LogP) is 3.27. The molecule has 0 radical (unpaired) electrons. The Balaban J connectivity index is 2.16. The maximum Gasteiger partial charge on any atom is 0.103 e. The van der Waals surface area contributed by atoms with Gasteiger partial charge in [-0.25, -0.2) is 0 Å². The highest BCUT2D eigenvalue weighted by molar-refractivity contribution is 8.00. The van der Waals surface area contributed by atoms with Crippen molar-refractivity contribution in [2.75, 3.05) is 17.6 Å². The number of rotatable bonds is 3. The number of hydrogen-bond donors (Lipinski definition) is 1.